The predicted octanol–water partition coefficient (Wildman–Crippen LogP) is 3.63. The monoisotopic (exact) mass is 234 g/mol. The zero-order valence-corrected chi connectivity index (χ0v) is 11.2. The van der Waals surface area contributed by atoms with Crippen molar-refractivity contribution in [1.29, 1.82) is 0 Å². The Bertz CT molecular complexity index is 375. The first kappa shape index (κ1) is 13.8. The van der Waals surface area contributed by atoms with E-state index in [2.05, 4.69) is 20.8 Å². The van der Waals surface area contributed by atoms with Gasteiger partial charge in [-0.15, -0.1) is 0 Å². The van der Waals surface area contributed by atoms with Crippen LogP contribution >= 0.6 is 0 Å². The van der Waals surface area contributed by atoms with Crippen molar-refractivity contribution in [3.05, 3.63) is 29.8 Å². The standard InChI is InChI=1S/C15H22O2/c1-15(2,3)9-8-13(16)10-12-6-5-7-14(11-12)17-4/h5-7,11H,8-10H2,1-4H3. The van der Waals surface area contributed by atoms with Crippen LogP contribution in [0.5, 0.6) is 5.75 Å². The Balaban J connectivity index is 2.50. The quantitative estimate of drug-likeness (QED) is 0.777. The van der Waals surface area contributed by atoms with Gasteiger partial charge in [-0.1, -0.05) is 32.9 Å². The van der Waals surface area contributed by atoms with Gasteiger partial charge in [-0.2, -0.15) is 0 Å². The molecule has 17 heavy (non-hydrogen) atoms. The van der Waals surface area contributed by atoms with E-state index >= 15 is 0 Å². The third-order valence-corrected chi connectivity index (χ3v) is 2.69. The van der Waals surface area contributed by atoms with Crippen LogP contribution < -0.4 is 4.74 Å². The lowest BCUT2D eigenvalue weighted by Gasteiger charge is -2.17. The van der Waals surface area contributed by atoms with Crippen molar-refractivity contribution in [3.8, 4) is 5.75 Å². The highest BCUT2D eigenvalue weighted by atomic mass is 16.5. The van der Waals surface area contributed by atoms with Crippen molar-refractivity contribution in [1.82, 2.24) is 0 Å². The maximum absolute atomic E-state index is 11.8. The summed E-state index contributed by atoms with van der Waals surface area (Å²) in [6.07, 6.45) is 2.10. The summed E-state index contributed by atoms with van der Waals surface area (Å²) in [4.78, 5) is 11.8. The Kier molecular flexibility index (Phi) is 4.73. The molecule has 1 aromatic rings. The third-order valence-electron chi connectivity index (χ3n) is 2.69. The van der Waals surface area contributed by atoms with E-state index in [1.165, 1.54) is 0 Å². The van der Waals surface area contributed by atoms with E-state index in [9.17, 15) is 4.79 Å². The van der Waals surface area contributed by atoms with Gasteiger partial charge in [0.1, 0.15) is 11.5 Å². The van der Waals surface area contributed by atoms with Crippen LogP contribution in [0.3, 0.4) is 0 Å². The van der Waals surface area contributed by atoms with E-state index in [0.29, 0.717) is 18.6 Å². The summed E-state index contributed by atoms with van der Waals surface area (Å²) < 4.78 is 5.14. The van der Waals surface area contributed by atoms with Crippen LogP contribution in [0.1, 0.15) is 39.2 Å². The van der Waals surface area contributed by atoms with Crippen molar-refractivity contribution in [2.75, 3.05) is 7.11 Å². The molecule has 0 spiro atoms. The van der Waals surface area contributed by atoms with Gasteiger partial charge in [0.05, 0.1) is 7.11 Å². The first-order valence-corrected chi connectivity index (χ1v) is 6.05. The predicted molar refractivity (Wildman–Crippen MR) is 70.4 cm³/mol. The first-order valence-electron chi connectivity index (χ1n) is 6.05. The van der Waals surface area contributed by atoms with Crippen molar-refractivity contribution < 1.29 is 9.53 Å². The number of hydrogen-bond acceptors (Lipinski definition) is 2. The van der Waals surface area contributed by atoms with Crippen molar-refractivity contribution in [3.63, 3.8) is 0 Å². The second-order valence-corrected chi connectivity index (χ2v) is 5.63. The SMILES string of the molecule is COc1cccc(CC(=O)CCC(C)(C)C)c1. The van der Waals surface area contributed by atoms with Gasteiger partial charge < -0.3 is 4.74 Å². The molecular formula is C15H22O2. The Labute approximate surface area is 104 Å². The summed E-state index contributed by atoms with van der Waals surface area (Å²) in [5.74, 6) is 1.11. The summed E-state index contributed by atoms with van der Waals surface area (Å²) in [6, 6.07) is 7.71. The highest BCUT2D eigenvalue weighted by Gasteiger charge is 2.13. The lowest BCUT2D eigenvalue weighted by Crippen LogP contribution is -2.10. The summed E-state index contributed by atoms with van der Waals surface area (Å²) in [5.41, 5.74) is 1.26. The van der Waals surface area contributed by atoms with Crippen LogP contribution in [0.15, 0.2) is 24.3 Å². The van der Waals surface area contributed by atoms with E-state index in [1.807, 2.05) is 24.3 Å². The number of carbonyl (C=O) groups excluding carboxylic acids is 1. The average Bonchev–Trinajstić information content (AvgIpc) is 2.26. The molecule has 1 rings (SSSR count). The minimum absolute atomic E-state index is 0.226. The van der Waals surface area contributed by atoms with Crippen LogP contribution in [0.25, 0.3) is 0 Å². The smallest absolute Gasteiger partial charge is 0.137 e. The van der Waals surface area contributed by atoms with Crippen LogP contribution in [0.2, 0.25) is 0 Å². The molecule has 0 aliphatic carbocycles. The molecule has 0 fully saturated rings. The molecule has 0 heterocycles. The number of rotatable bonds is 5. The number of methoxy groups -OCH3 is 1. The summed E-state index contributed by atoms with van der Waals surface area (Å²) in [6.45, 7) is 6.48. The maximum atomic E-state index is 11.8. The van der Waals surface area contributed by atoms with Crippen LogP contribution in [0, 0.1) is 5.41 Å². The van der Waals surface area contributed by atoms with Gasteiger partial charge in [0.15, 0.2) is 0 Å². The minimum Gasteiger partial charge on any atom is -0.497 e. The first-order chi connectivity index (χ1) is 7.90. The Hall–Kier alpha value is -1.31. The number of hydrogen-bond donors (Lipinski definition) is 0. The van der Waals surface area contributed by atoms with Crippen molar-refractivity contribution >= 4 is 5.78 Å². The molecule has 0 amide bonds. The molecule has 0 atom stereocenters. The topological polar surface area (TPSA) is 26.3 Å². The molecule has 0 aliphatic heterocycles. The highest BCUT2D eigenvalue weighted by molar-refractivity contribution is 5.80. The number of carbonyl (C=O) groups is 1. The third kappa shape index (κ3) is 5.53. The Morgan fingerprint density at radius 2 is 2.00 bits per heavy atom. The summed E-state index contributed by atoms with van der Waals surface area (Å²) in [5, 5.41) is 0. The molecule has 0 aromatic heterocycles. The molecule has 0 saturated heterocycles. The molecule has 2 heteroatoms. The van der Waals surface area contributed by atoms with Crippen LogP contribution in [0.4, 0.5) is 0 Å². The lowest BCUT2D eigenvalue weighted by atomic mass is 9.89. The molecule has 0 saturated carbocycles. The second kappa shape index (κ2) is 5.85. The zero-order valence-electron chi connectivity index (χ0n) is 11.2. The minimum atomic E-state index is 0.226. The van der Waals surface area contributed by atoms with Crippen molar-refractivity contribution in [2.24, 2.45) is 5.41 Å². The summed E-state index contributed by atoms with van der Waals surface area (Å²) >= 11 is 0. The van der Waals surface area contributed by atoms with Crippen LogP contribution in [-0.2, 0) is 11.2 Å². The number of ether oxygens (including phenoxy) is 1. The van der Waals surface area contributed by atoms with Gasteiger partial charge in [0.2, 0.25) is 0 Å². The Morgan fingerprint density at radius 3 is 2.59 bits per heavy atom. The van der Waals surface area contributed by atoms with Gasteiger partial charge in [0, 0.05) is 12.8 Å². The average molecular weight is 234 g/mol. The van der Waals surface area contributed by atoms with Gasteiger partial charge in [-0.25, -0.2) is 0 Å². The van der Waals surface area contributed by atoms with E-state index < -0.39 is 0 Å². The fraction of sp³-hybridized carbons (Fsp3) is 0.533. The fourth-order valence-corrected chi connectivity index (χ4v) is 1.61. The largest absolute Gasteiger partial charge is 0.497 e. The molecular weight excluding hydrogens is 212 g/mol. The molecule has 0 unspecified atom stereocenters. The number of benzene rings is 1. The normalized spacial score (nSPS) is 11.3. The Morgan fingerprint density at radius 1 is 1.29 bits per heavy atom. The number of Topliss-reactive ketones (excluding diaryl/α,β-unsaturated/α-hetero) is 1. The molecule has 94 valence electrons. The molecule has 0 radical (unpaired) electrons. The van der Waals surface area contributed by atoms with Gasteiger partial charge in [-0.3, -0.25) is 4.79 Å². The van der Waals surface area contributed by atoms with E-state index in [-0.39, 0.29) is 5.41 Å². The molecule has 0 N–H and O–H groups in total. The van der Waals surface area contributed by atoms with Gasteiger partial charge >= 0.3 is 0 Å². The van der Waals surface area contributed by atoms with Gasteiger partial charge in [0.25, 0.3) is 0 Å². The molecule has 2 nitrogen and oxygen atoms in total. The molecule has 0 bridgehead atoms. The van der Waals surface area contributed by atoms with Crippen LogP contribution in [-0.4, -0.2) is 12.9 Å². The highest BCUT2D eigenvalue weighted by Crippen LogP contribution is 2.21. The molecule has 1 aromatic carbocycles. The van der Waals surface area contributed by atoms with E-state index in [0.717, 1.165) is 17.7 Å². The molecule has 0 aliphatic rings. The van der Waals surface area contributed by atoms with E-state index in [1.54, 1.807) is 7.11 Å². The lowest BCUT2D eigenvalue weighted by molar-refractivity contribution is -0.118. The second-order valence-electron chi connectivity index (χ2n) is 5.63. The van der Waals surface area contributed by atoms with Gasteiger partial charge in [-0.05, 0) is 29.5 Å². The van der Waals surface area contributed by atoms with E-state index in [4.69, 9.17) is 4.74 Å². The fourth-order valence-electron chi connectivity index (χ4n) is 1.61. The zero-order chi connectivity index (χ0) is 12.9. The maximum Gasteiger partial charge on any atom is 0.137 e. The number of ketones is 1. The van der Waals surface area contributed by atoms with Crippen molar-refractivity contribution in [2.45, 2.75) is 40.0 Å². The summed E-state index contributed by atoms with van der Waals surface area (Å²) in [7, 11) is 1.64.